The van der Waals surface area contributed by atoms with Crippen LogP contribution in [0.15, 0.2) is 18.2 Å². The molecular formula is C14H20F2N2. The maximum atomic E-state index is 13.9. The number of halogens is 2. The zero-order chi connectivity index (χ0) is 13.1. The fourth-order valence-electron chi connectivity index (χ4n) is 2.80. The van der Waals surface area contributed by atoms with Crippen LogP contribution < -0.4 is 5.32 Å². The van der Waals surface area contributed by atoms with Gasteiger partial charge in [-0.15, -0.1) is 0 Å². The molecule has 0 amide bonds. The second-order valence-electron chi connectivity index (χ2n) is 4.95. The molecule has 2 unspecified atom stereocenters. The molecule has 0 aromatic heterocycles. The summed E-state index contributed by atoms with van der Waals surface area (Å²) in [5.74, 6) is -0.336. The smallest absolute Gasteiger partial charge is 0.128 e. The number of nitrogens with zero attached hydrogens (tertiary/aromatic N) is 1. The van der Waals surface area contributed by atoms with Gasteiger partial charge < -0.3 is 5.32 Å². The fraction of sp³-hybridized carbons (Fsp3) is 0.571. The maximum Gasteiger partial charge on any atom is 0.128 e. The van der Waals surface area contributed by atoms with E-state index in [0.29, 0.717) is 11.5 Å². The van der Waals surface area contributed by atoms with Gasteiger partial charge in [-0.25, -0.2) is 8.78 Å². The third-order valence-corrected chi connectivity index (χ3v) is 3.71. The fourth-order valence-corrected chi connectivity index (χ4v) is 2.80. The van der Waals surface area contributed by atoms with Crippen LogP contribution in [0, 0.1) is 17.6 Å². The lowest BCUT2D eigenvalue weighted by atomic mass is 9.93. The first-order chi connectivity index (χ1) is 8.63. The van der Waals surface area contributed by atoms with Crippen LogP contribution in [0.25, 0.3) is 0 Å². The molecule has 0 radical (unpaired) electrons. The molecule has 1 aromatic rings. The van der Waals surface area contributed by atoms with Crippen molar-refractivity contribution in [3.8, 4) is 0 Å². The lowest BCUT2D eigenvalue weighted by Gasteiger charge is -2.26. The Labute approximate surface area is 107 Å². The second-order valence-corrected chi connectivity index (χ2v) is 4.95. The summed E-state index contributed by atoms with van der Waals surface area (Å²) in [6.07, 6.45) is 1.02. The highest BCUT2D eigenvalue weighted by Gasteiger charge is 2.34. The largest absolute Gasteiger partial charge is 0.317 e. The summed E-state index contributed by atoms with van der Waals surface area (Å²) < 4.78 is 27.2. The van der Waals surface area contributed by atoms with E-state index < -0.39 is 0 Å². The number of hydrogen-bond donors (Lipinski definition) is 1. The molecule has 2 rings (SSSR count). The lowest BCUT2D eigenvalue weighted by molar-refractivity contribution is 0.265. The van der Waals surface area contributed by atoms with Crippen molar-refractivity contribution < 1.29 is 8.78 Å². The van der Waals surface area contributed by atoms with E-state index in [4.69, 9.17) is 0 Å². The van der Waals surface area contributed by atoms with Gasteiger partial charge in [0.2, 0.25) is 0 Å². The molecule has 1 aromatic carbocycles. The molecule has 2 nitrogen and oxygen atoms in total. The van der Waals surface area contributed by atoms with Crippen molar-refractivity contribution >= 4 is 0 Å². The zero-order valence-electron chi connectivity index (χ0n) is 10.9. The molecule has 1 heterocycles. The van der Waals surface area contributed by atoms with Crippen molar-refractivity contribution in [2.24, 2.45) is 5.92 Å². The Bertz CT molecular complexity index is 409. The zero-order valence-corrected chi connectivity index (χ0v) is 10.9. The second kappa shape index (κ2) is 5.76. The highest BCUT2D eigenvalue weighted by atomic mass is 19.1. The average Bonchev–Trinajstić information content (AvgIpc) is 2.71. The minimum atomic E-state index is -0.367. The molecule has 1 aliphatic heterocycles. The molecule has 0 bridgehead atoms. The van der Waals surface area contributed by atoms with Crippen molar-refractivity contribution in [1.82, 2.24) is 10.2 Å². The van der Waals surface area contributed by atoms with E-state index >= 15 is 0 Å². The Hall–Kier alpha value is -1.00. The Balaban J connectivity index is 2.24. The summed E-state index contributed by atoms with van der Waals surface area (Å²) in [7, 11) is 1.97. The first kappa shape index (κ1) is 13.4. The van der Waals surface area contributed by atoms with Crippen molar-refractivity contribution in [2.45, 2.75) is 19.4 Å². The van der Waals surface area contributed by atoms with Crippen LogP contribution in [-0.4, -0.2) is 31.6 Å². The van der Waals surface area contributed by atoms with Crippen molar-refractivity contribution in [3.05, 3.63) is 35.4 Å². The Morgan fingerprint density at radius 2 is 2.17 bits per heavy atom. The van der Waals surface area contributed by atoms with Crippen LogP contribution in [-0.2, 0) is 0 Å². The van der Waals surface area contributed by atoms with E-state index in [9.17, 15) is 8.78 Å². The Morgan fingerprint density at radius 3 is 2.89 bits per heavy atom. The molecule has 1 aliphatic rings. The van der Waals surface area contributed by atoms with Crippen molar-refractivity contribution in [3.63, 3.8) is 0 Å². The van der Waals surface area contributed by atoms with Crippen molar-refractivity contribution in [2.75, 3.05) is 26.7 Å². The quantitative estimate of drug-likeness (QED) is 0.888. The number of benzene rings is 1. The predicted octanol–water partition coefficient (Wildman–Crippen LogP) is 2.57. The minimum Gasteiger partial charge on any atom is -0.317 e. The number of rotatable bonds is 4. The van der Waals surface area contributed by atoms with Gasteiger partial charge in [-0.3, -0.25) is 4.90 Å². The highest BCUT2D eigenvalue weighted by Crippen LogP contribution is 2.37. The predicted molar refractivity (Wildman–Crippen MR) is 68.4 cm³/mol. The van der Waals surface area contributed by atoms with Crippen LogP contribution >= 0.6 is 0 Å². The van der Waals surface area contributed by atoms with Crippen LogP contribution in [0.4, 0.5) is 8.78 Å². The van der Waals surface area contributed by atoms with Crippen LogP contribution in [0.2, 0.25) is 0 Å². The molecule has 0 aliphatic carbocycles. The standard InChI is InChI=1S/C14H20F2N2/c1-3-17-9-10-6-7-18(2)14(10)12-8-11(15)4-5-13(12)16/h4-5,8,10,14,17H,3,6-7,9H2,1-2H3. The van der Waals surface area contributed by atoms with Crippen LogP contribution in [0.5, 0.6) is 0 Å². The van der Waals surface area contributed by atoms with Crippen molar-refractivity contribution in [1.29, 1.82) is 0 Å². The topological polar surface area (TPSA) is 15.3 Å². The molecule has 100 valence electrons. The van der Waals surface area contributed by atoms with Gasteiger partial charge in [-0.05, 0) is 57.2 Å². The van der Waals surface area contributed by atoms with Gasteiger partial charge in [0, 0.05) is 11.6 Å². The number of nitrogens with one attached hydrogen (secondary N) is 1. The Morgan fingerprint density at radius 1 is 1.39 bits per heavy atom. The third-order valence-electron chi connectivity index (χ3n) is 3.71. The third kappa shape index (κ3) is 2.70. The van der Waals surface area contributed by atoms with E-state index in [1.807, 2.05) is 7.05 Å². The Kier molecular flexibility index (Phi) is 4.30. The van der Waals surface area contributed by atoms with E-state index in [1.165, 1.54) is 18.2 Å². The first-order valence-electron chi connectivity index (χ1n) is 6.49. The molecule has 0 spiro atoms. The number of likely N-dealkylation sites (tertiary alicyclic amines) is 1. The van der Waals surface area contributed by atoms with Gasteiger partial charge in [0.05, 0.1) is 0 Å². The van der Waals surface area contributed by atoms with Gasteiger partial charge >= 0.3 is 0 Å². The van der Waals surface area contributed by atoms with Gasteiger partial charge in [-0.1, -0.05) is 6.92 Å². The number of hydrogen-bond acceptors (Lipinski definition) is 2. The summed E-state index contributed by atoms with van der Waals surface area (Å²) in [4.78, 5) is 2.11. The van der Waals surface area contributed by atoms with E-state index in [1.54, 1.807) is 0 Å². The molecule has 1 N–H and O–H groups in total. The monoisotopic (exact) mass is 254 g/mol. The van der Waals surface area contributed by atoms with Gasteiger partial charge in [-0.2, -0.15) is 0 Å². The molecule has 18 heavy (non-hydrogen) atoms. The van der Waals surface area contributed by atoms with Crippen LogP contribution in [0.1, 0.15) is 24.9 Å². The normalized spacial score (nSPS) is 24.7. The summed E-state index contributed by atoms with van der Waals surface area (Å²) in [6, 6.07) is 3.70. The summed E-state index contributed by atoms with van der Waals surface area (Å²) in [6.45, 7) is 4.73. The molecule has 1 saturated heterocycles. The molecular weight excluding hydrogens is 234 g/mol. The first-order valence-corrected chi connectivity index (χ1v) is 6.49. The van der Waals surface area contributed by atoms with Crippen LogP contribution in [0.3, 0.4) is 0 Å². The lowest BCUT2D eigenvalue weighted by Crippen LogP contribution is -2.29. The molecule has 2 atom stereocenters. The summed E-state index contributed by atoms with van der Waals surface area (Å²) >= 11 is 0. The minimum absolute atomic E-state index is 0.0280. The summed E-state index contributed by atoms with van der Waals surface area (Å²) in [5, 5.41) is 3.30. The highest BCUT2D eigenvalue weighted by molar-refractivity contribution is 5.24. The molecule has 4 heteroatoms. The average molecular weight is 254 g/mol. The SMILES string of the molecule is CCNCC1CCN(C)C1c1cc(F)ccc1F. The summed E-state index contributed by atoms with van der Waals surface area (Å²) in [5.41, 5.74) is 0.484. The van der Waals surface area contributed by atoms with Gasteiger partial charge in [0.1, 0.15) is 11.6 Å². The molecule has 1 fully saturated rings. The van der Waals surface area contributed by atoms with Gasteiger partial charge in [0.25, 0.3) is 0 Å². The van der Waals surface area contributed by atoms with E-state index in [2.05, 4.69) is 17.1 Å². The maximum absolute atomic E-state index is 13.9. The van der Waals surface area contributed by atoms with Gasteiger partial charge in [0.15, 0.2) is 0 Å². The molecule has 0 saturated carbocycles. The van der Waals surface area contributed by atoms with E-state index in [0.717, 1.165) is 26.1 Å². The van der Waals surface area contributed by atoms with E-state index in [-0.39, 0.29) is 17.7 Å².